The molecule has 3 unspecified atom stereocenters. The molecule has 188 valence electrons. The van der Waals surface area contributed by atoms with E-state index in [1.165, 1.54) is 0 Å². The number of carbonyl (C=O) groups is 3. The maximum Gasteiger partial charge on any atom is 0.397 e. The molecule has 2 aliphatic rings. The molecule has 1 fully saturated rings. The molecule has 1 aromatic rings. The molecule has 2 amide bonds. The number of amides is 2. The monoisotopic (exact) mass is 564 g/mol. The predicted molar refractivity (Wildman–Crippen MR) is 114 cm³/mol. The molecule has 0 radical (unpaired) electrons. The van der Waals surface area contributed by atoms with E-state index in [1.54, 1.807) is 0 Å². The highest BCUT2D eigenvalue weighted by Crippen LogP contribution is 2.45. The van der Waals surface area contributed by atoms with Crippen molar-refractivity contribution in [2.75, 3.05) is 17.3 Å². The minimum Gasteiger partial charge on any atom is -0.477 e. The van der Waals surface area contributed by atoms with Crippen molar-refractivity contribution in [3.05, 3.63) is 23.1 Å². The Morgan fingerprint density at radius 3 is 2.65 bits per heavy atom. The van der Waals surface area contributed by atoms with Crippen molar-refractivity contribution >= 4 is 64.1 Å². The maximum absolute atomic E-state index is 12.6. The molecular weight excluding hydrogens is 549 g/mol. The second-order valence-electron chi connectivity index (χ2n) is 6.90. The summed E-state index contributed by atoms with van der Waals surface area (Å²) in [7, 11) is -4.46. The van der Waals surface area contributed by atoms with Crippen LogP contribution in [0.15, 0.2) is 15.7 Å². The summed E-state index contributed by atoms with van der Waals surface area (Å²) < 4.78 is 72.5. The highest BCUT2D eigenvalue weighted by atomic mass is 32.2. The second kappa shape index (κ2) is 9.96. The largest absolute Gasteiger partial charge is 0.477 e. The Labute approximate surface area is 203 Å². The van der Waals surface area contributed by atoms with E-state index in [0.29, 0.717) is 11.8 Å². The van der Waals surface area contributed by atoms with Gasteiger partial charge in [-0.2, -0.15) is 34.2 Å². The molecule has 3 rings (SSSR count). The lowest BCUT2D eigenvalue weighted by atomic mass is 10.0. The highest BCUT2D eigenvalue weighted by Gasteiger charge is 2.55. The van der Waals surface area contributed by atoms with Gasteiger partial charge < -0.3 is 14.8 Å². The molecule has 0 aromatic carbocycles. The quantitative estimate of drug-likeness (QED) is 0.185. The van der Waals surface area contributed by atoms with E-state index in [9.17, 15) is 41.1 Å². The number of nitrogens with zero attached hydrogens (tertiary/aromatic N) is 3. The average molecular weight is 565 g/mol. The SMILES string of the molecule is O=C(CSCC(F)(F)F)NC1C(=O)N2C(C(=O)O)=C(C(S)c3nnc(CS(=O)(=O)O)o3)CSC12. The van der Waals surface area contributed by atoms with Crippen molar-refractivity contribution in [1.29, 1.82) is 0 Å². The molecule has 0 aliphatic carbocycles. The fraction of sp³-hybridized carbons (Fsp3) is 0.533. The number of alkyl halides is 3. The number of rotatable bonds is 9. The molecule has 19 heteroatoms. The van der Waals surface area contributed by atoms with Gasteiger partial charge in [-0.25, -0.2) is 4.79 Å². The number of aliphatic carboxylic acids is 1. The molecule has 3 N–H and O–H groups in total. The van der Waals surface area contributed by atoms with Crippen LogP contribution in [0.2, 0.25) is 0 Å². The van der Waals surface area contributed by atoms with Gasteiger partial charge in [-0.3, -0.25) is 19.0 Å². The van der Waals surface area contributed by atoms with Gasteiger partial charge in [-0.1, -0.05) is 0 Å². The number of fused-ring (bicyclic) bond motifs is 1. The maximum atomic E-state index is 12.6. The molecular formula is C15H15F3N4O8S4. The summed E-state index contributed by atoms with van der Waals surface area (Å²) in [6.45, 7) is 0. The van der Waals surface area contributed by atoms with Crippen LogP contribution >= 0.6 is 36.2 Å². The van der Waals surface area contributed by atoms with Gasteiger partial charge in [0.05, 0.1) is 11.5 Å². The molecule has 12 nitrogen and oxygen atoms in total. The topological polar surface area (TPSA) is 180 Å². The Morgan fingerprint density at radius 1 is 1.38 bits per heavy atom. The van der Waals surface area contributed by atoms with Crippen molar-refractivity contribution in [3.8, 4) is 0 Å². The van der Waals surface area contributed by atoms with Crippen LogP contribution in [0.1, 0.15) is 17.0 Å². The van der Waals surface area contributed by atoms with Gasteiger partial charge in [-0.15, -0.1) is 33.7 Å². The fourth-order valence-electron chi connectivity index (χ4n) is 3.07. The molecule has 3 heterocycles. The Kier molecular flexibility index (Phi) is 7.80. The van der Waals surface area contributed by atoms with Crippen LogP contribution in [0.4, 0.5) is 13.2 Å². The minimum atomic E-state index is -4.46. The first-order valence-electron chi connectivity index (χ1n) is 8.98. The molecule has 0 saturated carbocycles. The van der Waals surface area contributed by atoms with Crippen molar-refractivity contribution in [1.82, 2.24) is 20.4 Å². The van der Waals surface area contributed by atoms with E-state index in [4.69, 9.17) is 8.97 Å². The number of β-lactam (4-membered cyclic amide) rings is 1. The molecule has 1 aromatic heterocycles. The number of halogens is 3. The Morgan fingerprint density at radius 2 is 2.06 bits per heavy atom. The van der Waals surface area contributed by atoms with Crippen LogP contribution in [-0.2, 0) is 30.3 Å². The summed E-state index contributed by atoms with van der Waals surface area (Å²) in [6, 6.07) is -1.12. The summed E-state index contributed by atoms with van der Waals surface area (Å²) in [4.78, 5) is 37.3. The number of hydrogen-bond donors (Lipinski definition) is 4. The van der Waals surface area contributed by atoms with Crippen LogP contribution in [-0.4, -0.2) is 85.8 Å². The van der Waals surface area contributed by atoms with Gasteiger partial charge in [0, 0.05) is 5.75 Å². The van der Waals surface area contributed by atoms with Crippen molar-refractivity contribution < 1.29 is 50.0 Å². The molecule has 2 aliphatic heterocycles. The third-order valence-electron chi connectivity index (χ3n) is 4.37. The zero-order valence-electron chi connectivity index (χ0n) is 16.6. The zero-order chi connectivity index (χ0) is 25.4. The van der Waals surface area contributed by atoms with E-state index < -0.39 is 79.6 Å². The van der Waals surface area contributed by atoms with Crippen LogP contribution in [0, 0.1) is 0 Å². The lowest BCUT2D eigenvalue weighted by Crippen LogP contribution is -2.70. The number of carboxylic acids is 1. The molecule has 0 spiro atoms. The predicted octanol–water partition coefficient (Wildman–Crippen LogP) is 0.462. The summed E-state index contributed by atoms with van der Waals surface area (Å²) in [5.41, 5.74) is -0.363. The van der Waals surface area contributed by atoms with Crippen LogP contribution in [0.3, 0.4) is 0 Å². The lowest BCUT2D eigenvalue weighted by molar-refractivity contribution is -0.150. The standard InChI is InChI=1S/C15H15F3N4O8S4/c16-15(17,18)4-32-2-6(23)19-8-12(24)22-9(14(25)26)5(1-33-13(8)22)10(31)11-21-20-7(30-11)3-34(27,28)29/h8,10,13,31H,1-4H2,(H,19,23)(H,25,26)(H,27,28,29). The minimum absolute atomic E-state index is 0.00451. The van der Waals surface area contributed by atoms with Crippen molar-refractivity contribution in [2.24, 2.45) is 0 Å². The van der Waals surface area contributed by atoms with Gasteiger partial charge >= 0.3 is 12.1 Å². The summed E-state index contributed by atoms with van der Waals surface area (Å²) >= 11 is 5.66. The molecule has 34 heavy (non-hydrogen) atoms. The normalized spacial score (nSPS) is 21.7. The van der Waals surface area contributed by atoms with E-state index in [1.807, 2.05) is 0 Å². The van der Waals surface area contributed by atoms with Crippen LogP contribution in [0.5, 0.6) is 0 Å². The molecule has 1 saturated heterocycles. The van der Waals surface area contributed by atoms with E-state index in [0.717, 1.165) is 16.7 Å². The number of nitrogens with one attached hydrogen (secondary N) is 1. The van der Waals surface area contributed by atoms with Gasteiger partial charge in [0.2, 0.25) is 17.7 Å². The van der Waals surface area contributed by atoms with E-state index in [-0.39, 0.29) is 17.2 Å². The molecule has 0 bridgehead atoms. The van der Waals surface area contributed by atoms with Crippen LogP contribution in [0.25, 0.3) is 0 Å². The number of carboxylic acid groups (broad SMARTS) is 1. The summed E-state index contributed by atoms with van der Waals surface area (Å²) in [5.74, 6) is -6.53. The molecule has 3 atom stereocenters. The Bertz CT molecular complexity index is 1140. The number of aromatic nitrogens is 2. The van der Waals surface area contributed by atoms with Gasteiger partial charge in [0.1, 0.15) is 22.4 Å². The van der Waals surface area contributed by atoms with E-state index in [2.05, 4.69) is 28.1 Å². The smallest absolute Gasteiger partial charge is 0.397 e. The zero-order valence-corrected chi connectivity index (χ0v) is 19.9. The van der Waals surface area contributed by atoms with Crippen molar-refractivity contribution in [2.45, 2.75) is 28.6 Å². The number of thioether (sulfide) groups is 2. The van der Waals surface area contributed by atoms with Gasteiger partial charge in [-0.05, 0) is 5.57 Å². The van der Waals surface area contributed by atoms with E-state index >= 15 is 0 Å². The van der Waals surface area contributed by atoms with Gasteiger partial charge in [0.25, 0.3) is 16.0 Å². The average Bonchev–Trinajstić information content (AvgIpc) is 3.15. The third kappa shape index (κ3) is 6.18. The van der Waals surface area contributed by atoms with Crippen molar-refractivity contribution in [3.63, 3.8) is 0 Å². The van der Waals surface area contributed by atoms with Gasteiger partial charge in [0.15, 0.2) is 5.75 Å². The summed E-state index contributed by atoms with van der Waals surface area (Å²) in [5, 5.41) is 17.1. The number of hydrogen-bond acceptors (Lipinski definition) is 11. The lowest BCUT2D eigenvalue weighted by Gasteiger charge is -2.49. The Balaban J connectivity index is 1.73. The first-order valence-corrected chi connectivity index (χ1v) is 13.3. The number of carbonyl (C=O) groups excluding carboxylic acids is 2. The summed E-state index contributed by atoms with van der Waals surface area (Å²) in [6.07, 6.45) is -4.44. The third-order valence-corrected chi connectivity index (χ3v) is 7.81. The first-order chi connectivity index (χ1) is 15.7. The fourth-order valence-corrected chi connectivity index (χ4v) is 5.93. The first kappa shape index (κ1) is 26.6. The second-order valence-corrected chi connectivity index (χ2v) is 11.0. The Hall–Kier alpha value is -1.96. The number of thiol groups is 1. The highest BCUT2D eigenvalue weighted by molar-refractivity contribution is 8.00. The van der Waals surface area contributed by atoms with Crippen LogP contribution < -0.4 is 5.32 Å².